The third-order valence-corrected chi connectivity index (χ3v) is 4.17. The average molecular weight is 282 g/mol. The van der Waals surface area contributed by atoms with Crippen LogP contribution < -0.4 is 5.73 Å². The van der Waals surface area contributed by atoms with Crippen LogP contribution in [0.2, 0.25) is 5.28 Å². The van der Waals surface area contributed by atoms with E-state index in [2.05, 4.69) is 21.9 Å². The number of aromatic nitrogens is 4. The van der Waals surface area contributed by atoms with Crippen molar-refractivity contribution in [2.75, 3.05) is 12.3 Å². The molecule has 3 N–H and O–H groups in total. The minimum atomic E-state index is -0.0242. The highest BCUT2D eigenvalue weighted by Gasteiger charge is 2.36. The summed E-state index contributed by atoms with van der Waals surface area (Å²) in [6.07, 6.45) is 4.61. The fourth-order valence-corrected chi connectivity index (χ4v) is 3.02. The Bertz CT molecular complexity index is 628. The van der Waals surface area contributed by atoms with Gasteiger partial charge in [-0.1, -0.05) is 6.92 Å². The van der Waals surface area contributed by atoms with Crippen LogP contribution in [0.4, 0.5) is 5.82 Å². The third-order valence-electron chi connectivity index (χ3n) is 4.01. The third kappa shape index (κ3) is 2.04. The van der Waals surface area contributed by atoms with Crippen molar-refractivity contribution in [3.63, 3.8) is 0 Å². The van der Waals surface area contributed by atoms with Crippen molar-refractivity contribution in [3.05, 3.63) is 11.6 Å². The summed E-state index contributed by atoms with van der Waals surface area (Å²) in [6, 6.07) is 0.271. The maximum Gasteiger partial charge on any atom is 0.226 e. The molecular formula is C12H16ClN5O. The van der Waals surface area contributed by atoms with Gasteiger partial charge >= 0.3 is 0 Å². The van der Waals surface area contributed by atoms with Gasteiger partial charge in [0, 0.05) is 12.6 Å². The van der Waals surface area contributed by atoms with Crippen LogP contribution in [0.1, 0.15) is 32.2 Å². The van der Waals surface area contributed by atoms with Gasteiger partial charge in [0.25, 0.3) is 0 Å². The van der Waals surface area contributed by atoms with E-state index < -0.39 is 0 Å². The van der Waals surface area contributed by atoms with Crippen LogP contribution in [0.5, 0.6) is 0 Å². The highest BCUT2D eigenvalue weighted by molar-refractivity contribution is 6.28. The topological polar surface area (TPSA) is 89.8 Å². The molecule has 2 aromatic rings. The standard InChI is InChI=1S/C12H16ClN5O/c1-12(5-19)3-2-7(4-12)18-6-15-8-9(14)16-11(13)17-10(8)18/h6-7,19H,2-5H2,1H3,(H2,14,16,17)/t7-,12+/m0/s1. The molecule has 0 aromatic carbocycles. The zero-order valence-corrected chi connectivity index (χ0v) is 11.4. The summed E-state index contributed by atoms with van der Waals surface area (Å²) in [6.45, 7) is 2.30. The zero-order valence-electron chi connectivity index (χ0n) is 10.7. The van der Waals surface area contributed by atoms with E-state index in [0.717, 1.165) is 19.3 Å². The number of aliphatic hydroxyl groups excluding tert-OH is 1. The Morgan fingerprint density at radius 2 is 2.37 bits per heavy atom. The summed E-state index contributed by atoms with van der Waals surface area (Å²) in [5.74, 6) is 0.302. The second-order valence-corrected chi connectivity index (χ2v) is 5.91. The van der Waals surface area contributed by atoms with E-state index in [4.69, 9.17) is 17.3 Å². The second-order valence-electron chi connectivity index (χ2n) is 5.57. The molecule has 0 aliphatic heterocycles. The fourth-order valence-electron chi connectivity index (χ4n) is 2.85. The summed E-state index contributed by atoms with van der Waals surface area (Å²) in [7, 11) is 0. The highest BCUT2D eigenvalue weighted by atomic mass is 35.5. The van der Waals surface area contributed by atoms with E-state index >= 15 is 0 Å². The lowest BCUT2D eigenvalue weighted by Crippen LogP contribution is -2.17. The second kappa shape index (κ2) is 4.31. The first-order chi connectivity index (χ1) is 9.02. The van der Waals surface area contributed by atoms with Gasteiger partial charge in [-0.2, -0.15) is 9.97 Å². The van der Waals surface area contributed by atoms with Gasteiger partial charge in [0.15, 0.2) is 11.5 Å². The predicted molar refractivity (Wildman–Crippen MR) is 72.8 cm³/mol. The first-order valence-corrected chi connectivity index (χ1v) is 6.67. The van der Waals surface area contributed by atoms with Crippen molar-refractivity contribution in [1.29, 1.82) is 0 Å². The fraction of sp³-hybridized carbons (Fsp3) is 0.583. The summed E-state index contributed by atoms with van der Waals surface area (Å²) < 4.78 is 2.00. The molecule has 0 unspecified atom stereocenters. The molecular weight excluding hydrogens is 266 g/mol. The number of nitrogen functional groups attached to an aromatic ring is 1. The zero-order chi connectivity index (χ0) is 13.6. The number of imidazole rings is 1. The van der Waals surface area contributed by atoms with Crippen molar-refractivity contribution in [2.45, 2.75) is 32.2 Å². The molecule has 1 fully saturated rings. The van der Waals surface area contributed by atoms with Gasteiger partial charge in [0.1, 0.15) is 5.52 Å². The molecule has 0 amide bonds. The van der Waals surface area contributed by atoms with Crippen LogP contribution in [-0.4, -0.2) is 31.2 Å². The minimum absolute atomic E-state index is 0.0242. The van der Waals surface area contributed by atoms with Gasteiger partial charge in [-0.15, -0.1) is 0 Å². The monoisotopic (exact) mass is 281 g/mol. The van der Waals surface area contributed by atoms with Crippen molar-refractivity contribution in [1.82, 2.24) is 19.5 Å². The van der Waals surface area contributed by atoms with Crippen LogP contribution in [-0.2, 0) is 0 Å². The smallest absolute Gasteiger partial charge is 0.226 e. The molecule has 6 nitrogen and oxygen atoms in total. The highest BCUT2D eigenvalue weighted by Crippen LogP contribution is 2.44. The molecule has 2 aromatic heterocycles. The Hall–Kier alpha value is -1.40. The molecule has 0 bridgehead atoms. The van der Waals surface area contributed by atoms with Gasteiger partial charge < -0.3 is 15.4 Å². The van der Waals surface area contributed by atoms with Gasteiger partial charge in [0.2, 0.25) is 5.28 Å². The maximum absolute atomic E-state index is 9.45. The molecule has 3 rings (SSSR count). The Morgan fingerprint density at radius 3 is 3.05 bits per heavy atom. The van der Waals surface area contributed by atoms with E-state index in [9.17, 15) is 5.11 Å². The van der Waals surface area contributed by atoms with E-state index in [-0.39, 0.29) is 23.3 Å². The lowest BCUT2D eigenvalue weighted by Gasteiger charge is -2.21. The number of hydrogen-bond donors (Lipinski definition) is 2. The molecule has 0 saturated heterocycles. The SMILES string of the molecule is C[C@@]1(CO)CC[C@H](n2cnc3c(N)nc(Cl)nc32)C1. The van der Waals surface area contributed by atoms with Crippen molar-refractivity contribution in [3.8, 4) is 0 Å². The molecule has 1 saturated carbocycles. The van der Waals surface area contributed by atoms with Crippen LogP contribution in [0.15, 0.2) is 6.33 Å². The normalized spacial score (nSPS) is 27.2. The first kappa shape index (κ1) is 12.6. The Kier molecular flexibility index (Phi) is 2.87. The van der Waals surface area contributed by atoms with Crippen LogP contribution in [0.25, 0.3) is 11.2 Å². The summed E-state index contributed by atoms with van der Waals surface area (Å²) >= 11 is 5.86. The van der Waals surface area contributed by atoms with Crippen LogP contribution in [0, 0.1) is 5.41 Å². The van der Waals surface area contributed by atoms with Crippen LogP contribution in [0.3, 0.4) is 0 Å². The number of halogens is 1. The van der Waals surface area contributed by atoms with Crippen LogP contribution >= 0.6 is 11.6 Å². The summed E-state index contributed by atoms with van der Waals surface area (Å²) in [5.41, 5.74) is 7.03. The molecule has 102 valence electrons. The van der Waals surface area contributed by atoms with Gasteiger partial charge in [-0.25, -0.2) is 4.98 Å². The molecule has 7 heteroatoms. The summed E-state index contributed by atoms with van der Waals surface area (Å²) in [5, 5.41) is 9.58. The maximum atomic E-state index is 9.45. The van der Waals surface area contributed by atoms with E-state index in [1.807, 2.05) is 4.57 Å². The molecule has 1 aliphatic carbocycles. The lowest BCUT2D eigenvalue weighted by molar-refractivity contribution is 0.144. The largest absolute Gasteiger partial charge is 0.396 e. The first-order valence-electron chi connectivity index (χ1n) is 6.29. The number of nitrogens with two attached hydrogens (primary N) is 1. The Balaban J connectivity index is 2.03. The Labute approximate surface area is 115 Å². The Morgan fingerprint density at radius 1 is 1.58 bits per heavy atom. The van der Waals surface area contributed by atoms with E-state index in [1.54, 1.807) is 6.33 Å². The number of hydrogen-bond acceptors (Lipinski definition) is 5. The predicted octanol–water partition coefficient (Wildman–Crippen LogP) is 1.79. The molecule has 19 heavy (non-hydrogen) atoms. The van der Waals surface area contributed by atoms with Crippen molar-refractivity contribution >= 4 is 28.6 Å². The molecule has 2 heterocycles. The van der Waals surface area contributed by atoms with E-state index in [1.165, 1.54) is 0 Å². The molecule has 0 spiro atoms. The summed E-state index contributed by atoms with van der Waals surface area (Å²) in [4.78, 5) is 12.4. The van der Waals surface area contributed by atoms with Gasteiger partial charge in [-0.3, -0.25) is 0 Å². The lowest BCUT2D eigenvalue weighted by atomic mass is 9.90. The minimum Gasteiger partial charge on any atom is -0.396 e. The van der Waals surface area contributed by atoms with E-state index in [0.29, 0.717) is 17.0 Å². The number of nitrogens with zero attached hydrogens (tertiary/aromatic N) is 4. The number of anilines is 1. The molecule has 0 radical (unpaired) electrons. The van der Waals surface area contributed by atoms with Gasteiger partial charge in [-0.05, 0) is 36.3 Å². The van der Waals surface area contributed by atoms with Gasteiger partial charge in [0.05, 0.1) is 6.33 Å². The quantitative estimate of drug-likeness (QED) is 0.819. The number of fused-ring (bicyclic) bond motifs is 1. The van der Waals surface area contributed by atoms with Crippen molar-refractivity contribution in [2.24, 2.45) is 5.41 Å². The van der Waals surface area contributed by atoms with Crippen molar-refractivity contribution < 1.29 is 5.11 Å². The molecule has 1 aliphatic rings. The molecule has 2 atom stereocenters. The number of rotatable bonds is 2. The number of aliphatic hydroxyl groups is 1. The average Bonchev–Trinajstić information content (AvgIpc) is 2.94.